The average Bonchev–Trinajstić information content (AvgIpc) is 3.09. The molecular formula is C20H19BrF3N3O2. The van der Waals surface area contributed by atoms with E-state index in [0.29, 0.717) is 27.4 Å². The van der Waals surface area contributed by atoms with E-state index < -0.39 is 17.6 Å². The van der Waals surface area contributed by atoms with Crippen molar-refractivity contribution in [1.29, 1.82) is 0 Å². The van der Waals surface area contributed by atoms with Gasteiger partial charge in [-0.3, -0.25) is 4.79 Å². The van der Waals surface area contributed by atoms with E-state index >= 15 is 0 Å². The number of carbonyl (C=O) groups is 1. The molecule has 29 heavy (non-hydrogen) atoms. The minimum atomic E-state index is -4.57. The van der Waals surface area contributed by atoms with Gasteiger partial charge in [-0.1, -0.05) is 6.07 Å². The monoisotopic (exact) mass is 469 g/mol. The van der Waals surface area contributed by atoms with Crippen LogP contribution in [0.3, 0.4) is 0 Å². The van der Waals surface area contributed by atoms with Gasteiger partial charge in [-0.15, -0.1) is 0 Å². The first kappa shape index (κ1) is 21.2. The van der Waals surface area contributed by atoms with Crippen molar-refractivity contribution in [3.63, 3.8) is 0 Å². The molecule has 1 amide bonds. The number of hydrogen-bond donors (Lipinski definition) is 1. The lowest BCUT2D eigenvalue weighted by atomic mass is 10.1. The lowest BCUT2D eigenvalue weighted by Gasteiger charge is -2.16. The van der Waals surface area contributed by atoms with Gasteiger partial charge in [0.1, 0.15) is 11.5 Å². The van der Waals surface area contributed by atoms with Crippen molar-refractivity contribution >= 4 is 21.8 Å². The third kappa shape index (κ3) is 4.24. The van der Waals surface area contributed by atoms with Crippen molar-refractivity contribution < 1.29 is 22.4 Å². The molecule has 0 aliphatic heterocycles. The average molecular weight is 470 g/mol. The predicted molar refractivity (Wildman–Crippen MR) is 105 cm³/mol. The molecule has 0 atom stereocenters. The van der Waals surface area contributed by atoms with Gasteiger partial charge < -0.3 is 9.73 Å². The van der Waals surface area contributed by atoms with Gasteiger partial charge in [-0.05, 0) is 67.4 Å². The summed E-state index contributed by atoms with van der Waals surface area (Å²) in [7, 11) is 0. The Morgan fingerprint density at radius 1 is 1.17 bits per heavy atom. The maximum Gasteiger partial charge on any atom is 0.416 e. The summed E-state index contributed by atoms with van der Waals surface area (Å²) in [6.45, 7) is 6.58. The maximum atomic E-state index is 13.7. The smallest absolute Gasteiger partial charge is 0.416 e. The van der Waals surface area contributed by atoms with Gasteiger partial charge in [0.15, 0.2) is 0 Å². The maximum absolute atomic E-state index is 13.7. The molecule has 0 aliphatic rings. The summed E-state index contributed by atoms with van der Waals surface area (Å²) in [6.07, 6.45) is -4.57. The normalized spacial score (nSPS) is 11.7. The Balaban J connectivity index is 1.91. The fourth-order valence-corrected chi connectivity index (χ4v) is 3.72. The summed E-state index contributed by atoms with van der Waals surface area (Å²) in [4.78, 5) is 12.5. The van der Waals surface area contributed by atoms with Crippen LogP contribution in [0.25, 0.3) is 5.69 Å². The van der Waals surface area contributed by atoms with Crippen LogP contribution in [0.15, 0.2) is 33.2 Å². The van der Waals surface area contributed by atoms with Crippen LogP contribution in [0.2, 0.25) is 0 Å². The summed E-state index contributed by atoms with van der Waals surface area (Å²) in [6, 6.07) is 5.75. The third-order valence-corrected chi connectivity index (χ3v) is 5.46. The van der Waals surface area contributed by atoms with E-state index in [9.17, 15) is 18.0 Å². The molecule has 0 aliphatic carbocycles. The molecule has 0 fully saturated rings. The van der Waals surface area contributed by atoms with Crippen molar-refractivity contribution in [3.05, 3.63) is 68.3 Å². The minimum Gasteiger partial charge on any atom is -0.465 e. The summed E-state index contributed by atoms with van der Waals surface area (Å²) >= 11 is 3.27. The number of carbonyl (C=O) groups excluding carboxylic acids is 1. The number of aryl methyl sites for hydroxylation is 4. The molecule has 0 spiro atoms. The number of alkyl halides is 3. The van der Waals surface area contributed by atoms with Crippen molar-refractivity contribution in [2.24, 2.45) is 0 Å². The number of nitrogens with one attached hydrogen (secondary N) is 1. The van der Waals surface area contributed by atoms with Crippen molar-refractivity contribution in [3.8, 4) is 5.69 Å². The summed E-state index contributed by atoms with van der Waals surface area (Å²) in [5, 5.41) is 6.78. The standard InChI is InChI=1S/C20H19BrF3N3O2/c1-10-7-11(2)27(26-10)15-6-5-14(16(8-15)20(22,23)24)9-25-19(28)17-12(3)29-13(4)18(17)21/h5-8H,9H2,1-4H3,(H,25,28). The summed E-state index contributed by atoms with van der Waals surface area (Å²) in [5.41, 5.74) is 1.17. The van der Waals surface area contributed by atoms with Crippen LogP contribution in [0, 0.1) is 27.7 Å². The van der Waals surface area contributed by atoms with E-state index in [2.05, 4.69) is 26.3 Å². The number of furan rings is 1. The fourth-order valence-electron chi connectivity index (χ4n) is 3.18. The number of aromatic nitrogens is 2. The van der Waals surface area contributed by atoms with Gasteiger partial charge >= 0.3 is 6.18 Å². The van der Waals surface area contributed by atoms with Crippen LogP contribution in [0.1, 0.15) is 44.4 Å². The second-order valence-electron chi connectivity index (χ2n) is 6.76. The molecule has 0 bridgehead atoms. The van der Waals surface area contributed by atoms with Gasteiger partial charge in [-0.2, -0.15) is 18.3 Å². The molecule has 2 heterocycles. The second kappa shape index (κ2) is 7.70. The Hall–Kier alpha value is -2.55. The molecule has 0 unspecified atom stereocenters. The third-order valence-electron chi connectivity index (χ3n) is 4.51. The number of halogens is 4. The topological polar surface area (TPSA) is 60.1 Å². The van der Waals surface area contributed by atoms with Crippen LogP contribution < -0.4 is 5.32 Å². The first-order valence-corrected chi connectivity index (χ1v) is 9.55. The molecule has 1 N–H and O–H groups in total. The number of amides is 1. The molecule has 3 aromatic rings. The quantitative estimate of drug-likeness (QED) is 0.555. The number of nitrogens with zero attached hydrogens (tertiary/aromatic N) is 2. The van der Waals surface area contributed by atoms with Crippen LogP contribution in [0.5, 0.6) is 0 Å². The molecule has 5 nitrogen and oxygen atoms in total. The molecule has 154 valence electrons. The highest BCUT2D eigenvalue weighted by Gasteiger charge is 2.34. The zero-order chi connectivity index (χ0) is 21.5. The van der Waals surface area contributed by atoms with Crippen molar-refractivity contribution in [2.75, 3.05) is 0 Å². The van der Waals surface area contributed by atoms with Crippen LogP contribution in [0.4, 0.5) is 13.2 Å². The van der Waals surface area contributed by atoms with Gasteiger partial charge in [0, 0.05) is 12.2 Å². The van der Waals surface area contributed by atoms with Gasteiger partial charge in [0.05, 0.1) is 27.0 Å². The summed E-state index contributed by atoms with van der Waals surface area (Å²) in [5.74, 6) is 0.405. The van der Waals surface area contributed by atoms with Gasteiger partial charge in [0.25, 0.3) is 5.91 Å². The van der Waals surface area contributed by atoms with E-state index in [1.807, 2.05) is 0 Å². The van der Waals surface area contributed by atoms with Crippen LogP contribution in [-0.4, -0.2) is 15.7 Å². The Morgan fingerprint density at radius 3 is 2.38 bits per heavy atom. The van der Waals surface area contributed by atoms with Crippen LogP contribution in [-0.2, 0) is 12.7 Å². The Bertz CT molecular complexity index is 1080. The highest BCUT2D eigenvalue weighted by atomic mass is 79.9. The highest BCUT2D eigenvalue weighted by Crippen LogP contribution is 2.34. The highest BCUT2D eigenvalue weighted by molar-refractivity contribution is 9.10. The lowest BCUT2D eigenvalue weighted by Crippen LogP contribution is -2.25. The first-order chi connectivity index (χ1) is 13.5. The molecule has 0 radical (unpaired) electrons. The predicted octanol–water partition coefficient (Wildman–Crippen LogP) is 5.41. The largest absolute Gasteiger partial charge is 0.465 e. The van der Waals surface area contributed by atoms with Crippen molar-refractivity contribution in [2.45, 2.75) is 40.4 Å². The Labute approximate surface area is 174 Å². The van der Waals surface area contributed by atoms with E-state index in [4.69, 9.17) is 4.42 Å². The molecule has 3 rings (SSSR count). The number of rotatable bonds is 4. The second-order valence-corrected chi connectivity index (χ2v) is 7.56. The molecule has 0 saturated carbocycles. The van der Waals surface area contributed by atoms with Gasteiger partial charge in [0.2, 0.25) is 0 Å². The van der Waals surface area contributed by atoms with E-state index in [-0.39, 0.29) is 17.7 Å². The van der Waals surface area contributed by atoms with E-state index in [0.717, 1.165) is 11.8 Å². The molecule has 0 saturated heterocycles. The minimum absolute atomic E-state index is 0.0369. The molecule has 9 heteroatoms. The number of benzene rings is 1. The number of hydrogen-bond acceptors (Lipinski definition) is 3. The zero-order valence-corrected chi connectivity index (χ0v) is 17.8. The SMILES string of the molecule is Cc1cc(C)n(-c2ccc(CNC(=O)c3c(C)oc(C)c3Br)c(C(F)(F)F)c2)n1. The Kier molecular flexibility index (Phi) is 5.62. The van der Waals surface area contributed by atoms with Crippen LogP contribution >= 0.6 is 15.9 Å². The zero-order valence-electron chi connectivity index (χ0n) is 16.2. The fraction of sp³-hybridized carbons (Fsp3) is 0.300. The lowest BCUT2D eigenvalue weighted by molar-refractivity contribution is -0.138. The van der Waals surface area contributed by atoms with E-state index in [1.54, 1.807) is 39.8 Å². The molecule has 2 aromatic heterocycles. The molecule has 1 aromatic carbocycles. The van der Waals surface area contributed by atoms with E-state index in [1.165, 1.54) is 10.7 Å². The Morgan fingerprint density at radius 2 is 1.86 bits per heavy atom. The summed E-state index contributed by atoms with van der Waals surface area (Å²) < 4.78 is 48.3. The van der Waals surface area contributed by atoms with Crippen molar-refractivity contribution in [1.82, 2.24) is 15.1 Å². The first-order valence-electron chi connectivity index (χ1n) is 8.76. The molecular weight excluding hydrogens is 451 g/mol. The van der Waals surface area contributed by atoms with Gasteiger partial charge in [-0.25, -0.2) is 4.68 Å².